The molecule has 0 radical (unpaired) electrons. The Bertz CT molecular complexity index is 264. The van der Waals surface area contributed by atoms with Crippen molar-refractivity contribution in [3.63, 3.8) is 0 Å². The highest BCUT2D eigenvalue weighted by Crippen LogP contribution is 2.17. The van der Waals surface area contributed by atoms with E-state index in [1.165, 1.54) is 0 Å². The van der Waals surface area contributed by atoms with Gasteiger partial charge in [-0.05, 0) is 25.7 Å². The standard InChI is InChI=1S/C18H38O6/c1-4-7-12-22-15(10-11-19)16(20)17(23-13-8-5-2)18(21)24-14-9-6-3/h15-21H,4-14H2,1-3H3. The molecule has 4 unspecified atom stereocenters. The van der Waals surface area contributed by atoms with Crippen molar-refractivity contribution in [2.24, 2.45) is 0 Å². The van der Waals surface area contributed by atoms with Crippen molar-refractivity contribution in [2.75, 3.05) is 26.4 Å². The largest absolute Gasteiger partial charge is 0.396 e. The van der Waals surface area contributed by atoms with Crippen molar-refractivity contribution >= 4 is 0 Å². The summed E-state index contributed by atoms with van der Waals surface area (Å²) < 4.78 is 16.8. The van der Waals surface area contributed by atoms with Gasteiger partial charge < -0.3 is 29.5 Å². The zero-order valence-corrected chi connectivity index (χ0v) is 15.7. The molecule has 0 spiro atoms. The van der Waals surface area contributed by atoms with E-state index in [1.807, 2.05) is 13.8 Å². The van der Waals surface area contributed by atoms with Crippen LogP contribution in [0.4, 0.5) is 0 Å². The monoisotopic (exact) mass is 350 g/mol. The SMILES string of the molecule is CCCCOC(O)C(OCCCC)C(O)C(CCO)OCCCC. The van der Waals surface area contributed by atoms with Crippen LogP contribution in [0.3, 0.4) is 0 Å². The van der Waals surface area contributed by atoms with Gasteiger partial charge in [-0.2, -0.15) is 0 Å². The topological polar surface area (TPSA) is 88.4 Å². The second kappa shape index (κ2) is 16.2. The van der Waals surface area contributed by atoms with Crippen LogP contribution in [0.25, 0.3) is 0 Å². The zero-order valence-electron chi connectivity index (χ0n) is 15.7. The van der Waals surface area contributed by atoms with Gasteiger partial charge in [0.05, 0.1) is 6.10 Å². The lowest BCUT2D eigenvalue weighted by Gasteiger charge is -2.32. The summed E-state index contributed by atoms with van der Waals surface area (Å²) in [5.74, 6) is 0. The molecule has 0 amide bonds. The molecule has 24 heavy (non-hydrogen) atoms. The lowest BCUT2D eigenvalue weighted by Crippen LogP contribution is -2.48. The van der Waals surface area contributed by atoms with E-state index >= 15 is 0 Å². The highest BCUT2D eigenvalue weighted by Gasteiger charge is 2.34. The Morgan fingerprint density at radius 2 is 1.25 bits per heavy atom. The summed E-state index contributed by atoms with van der Waals surface area (Å²) in [6.07, 6.45) is 2.03. The number of unbranched alkanes of at least 4 members (excludes halogenated alkanes) is 3. The summed E-state index contributed by atoms with van der Waals surface area (Å²) in [6, 6.07) is 0. The van der Waals surface area contributed by atoms with E-state index in [0.717, 1.165) is 38.5 Å². The highest BCUT2D eigenvalue weighted by atomic mass is 16.6. The number of aliphatic hydroxyl groups excluding tert-OH is 3. The predicted octanol–water partition coefficient (Wildman–Crippen LogP) is 2.24. The van der Waals surface area contributed by atoms with Gasteiger partial charge >= 0.3 is 0 Å². The van der Waals surface area contributed by atoms with Crippen molar-refractivity contribution in [1.82, 2.24) is 0 Å². The minimum Gasteiger partial charge on any atom is -0.396 e. The molecule has 0 aromatic rings. The molecular weight excluding hydrogens is 312 g/mol. The van der Waals surface area contributed by atoms with Gasteiger partial charge in [-0.15, -0.1) is 0 Å². The van der Waals surface area contributed by atoms with E-state index in [2.05, 4.69) is 6.92 Å². The van der Waals surface area contributed by atoms with Gasteiger partial charge in [0, 0.05) is 26.4 Å². The molecule has 6 heteroatoms. The van der Waals surface area contributed by atoms with E-state index in [-0.39, 0.29) is 6.61 Å². The molecule has 0 rings (SSSR count). The number of aliphatic hydroxyl groups is 3. The first-order chi connectivity index (χ1) is 11.6. The molecule has 0 saturated heterocycles. The maximum atomic E-state index is 10.6. The molecule has 0 saturated carbocycles. The van der Waals surface area contributed by atoms with E-state index < -0.39 is 24.6 Å². The molecule has 6 nitrogen and oxygen atoms in total. The van der Waals surface area contributed by atoms with E-state index in [9.17, 15) is 15.3 Å². The van der Waals surface area contributed by atoms with E-state index in [0.29, 0.717) is 26.2 Å². The van der Waals surface area contributed by atoms with Crippen LogP contribution in [0, 0.1) is 0 Å². The second-order valence-electron chi connectivity index (χ2n) is 6.07. The smallest absolute Gasteiger partial charge is 0.183 e. The van der Waals surface area contributed by atoms with Crippen LogP contribution < -0.4 is 0 Å². The Labute approximate surface area is 147 Å². The van der Waals surface area contributed by atoms with Crippen LogP contribution in [0.1, 0.15) is 65.7 Å². The van der Waals surface area contributed by atoms with Crippen molar-refractivity contribution < 1.29 is 29.5 Å². The Kier molecular flexibility index (Phi) is 16.1. The van der Waals surface area contributed by atoms with Crippen molar-refractivity contribution in [3.05, 3.63) is 0 Å². The third-order valence-electron chi connectivity index (χ3n) is 3.84. The number of hydrogen-bond acceptors (Lipinski definition) is 6. The molecule has 4 atom stereocenters. The van der Waals surface area contributed by atoms with E-state index in [4.69, 9.17) is 14.2 Å². The average Bonchev–Trinajstić information content (AvgIpc) is 2.57. The first kappa shape index (κ1) is 23.8. The average molecular weight is 350 g/mol. The minimum atomic E-state index is -1.21. The predicted molar refractivity (Wildman–Crippen MR) is 93.9 cm³/mol. The Hall–Kier alpha value is -0.240. The summed E-state index contributed by atoms with van der Waals surface area (Å²) in [7, 11) is 0. The summed E-state index contributed by atoms with van der Waals surface area (Å²) in [5, 5.41) is 30.1. The molecule has 0 aliphatic rings. The number of hydrogen-bond donors (Lipinski definition) is 3. The third kappa shape index (κ3) is 10.6. The fourth-order valence-electron chi connectivity index (χ4n) is 2.23. The molecule has 146 valence electrons. The van der Waals surface area contributed by atoms with Gasteiger partial charge in [0.25, 0.3) is 0 Å². The van der Waals surface area contributed by atoms with Gasteiger partial charge in [0.1, 0.15) is 12.2 Å². The van der Waals surface area contributed by atoms with Crippen LogP contribution in [0.15, 0.2) is 0 Å². The second-order valence-corrected chi connectivity index (χ2v) is 6.07. The normalized spacial score (nSPS) is 16.8. The summed E-state index contributed by atoms with van der Waals surface area (Å²) in [5.41, 5.74) is 0. The van der Waals surface area contributed by atoms with Crippen LogP contribution >= 0.6 is 0 Å². The van der Waals surface area contributed by atoms with Crippen molar-refractivity contribution in [1.29, 1.82) is 0 Å². The highest BCUT2D eigenvalue weighted by molar-refractivity contribution is 4.80. The van der Waals surface area contributed by atoms with Crippen LogP contribution in [0.2, 0.25) is 0 Å². The van der Waals surface area contributed by atoms with Crippen LogP contribution in [0.5, 0.6) is 0 Å². The van der Waals surface area contributed by atoms with Crippen molar-refractivity contribution in [2.45, 2.75) is 90.3 Å². The zero-order chi connectivity index (χ0) is 18.2. The van der Waals surface area contributed by atoms with E-state index in [1.54, 1.807) is 0 Å². The molecule has 0 aliphatic carbocycles. The van der Waals surface area contributed by atoms with Gasteiger partial charge in [0.15, 0.2) is 6.29 Å². The number of rotatable bonds is 17. The van der Waals surface area contributed by atoms with Crippen LogP contribution in [-0.2, 0) is 14.2 Å². The Morgan fingerprint density at radius 1 is 0.750 bits per heavy atom. The lowest BCUT2D eigenvalue weighted by atomic mass is 10.0. The van der Waals surface area contributed by atoms with Crippen LogP contribution in [-0.4, -0.2) is 66.3 Å². The first-order valence-electron chi connectivity index (χ1n) is 9.44. The lowest BCUT2D eigenvalue weighted by molar-refractivity contribution is -0.224. The summed E-state index contributed by atoms with van der Waals surface area (Å²) in [6.45, 7) is 7.41. The molecule has 0 fully saturated rings. The Balaban J connectivity index is 4.75. The van der Waals surface area contributed by atoms with Crippen molar-refractivity contribution in [3.8, 4) is 0 Å². The van der Waals surface area contributed by atoms with Gasteiger partial charge in [-0.1, -0.05) is 40.0 Å². The third-order valence-corrected chi connectivity index (χ3v) is 3.84. The fourth-order valence-corrected chi connectivity index (χ4v) is 2.23. The maximum Gasteiger partial charge on any atom is 0.183 e. The fraction of sp³-hybridized carbons (Fsp3) is 1.00. The minimum absolute atomic E-state index is 0.0949. The molecule has 0 aromatic heterocycles. The molecule has 0 aliphatic heterocycles. The molecular formula is C18H38O6. The summed E-state index contributed by atoms with van der Waals surface area (Å²) >= 11 is 0. The molecule has 0 aromatic carbocycles. The summed E-state index contributed by atoms with van der Waals surface area (Å²) in [4.78, 5) is 0. The van der Waals surface area contributed by atoms with Gasteiger partial charge in [-0.25, -0.2) is 0 Å². The molecule has 0 bridgehead atoms. The van der Waals surface area contributed by atoms with Gasteiger partial charge in [-0.3, -0.25) is 0 Å². The number of ether oxygens (including phenoxy) is 3. The Morgan fingerprint density at radius 3 is 1.75 bits per heavy atom. The molecule has 3 N–H and O–H groups in total. The quantitative estimate of drug-likeness (QED) is 0.275. The van der Waals surface area contributed by atoms with Gasteiger partial charge in [0.2, 0.25) is 0 Å². The maximum absolute atomic E-state index is 10.6. The molecule has 0 heterocycles. The first-order valence-corrected chi connectivity index (χ1v) is 9.44.